The number of nitrogens with one attached hydrogen (secondary N) is 2. The van der Waals surface area contributed by atoms with E-state index in [4.69, 9.17) is 28.6 Å². The maximum absolute atomic E-state index is 13.6. The first-order chi connectivity index (χ1) is 13.0. The molecule has 1 unspecified atom stereocenters. The Balaban J connectivity index is 1.76. The average molecular weight is 400 g/mol. The number of methoxy groups -OCH3 is 1. The van der Waals surface area contributed by atoms with E-state index in [1.54, 1.807) is 13.2 Å². The Kier molecular flexibility index (Phi) is 4.68. The van der Waals surface area contributed by atoms with E-state index in [0.717, 1.165) is 22.6 Å². The molecule has 1 aromatic heterocycles. The number of hydrogen-bond donors (Lipinski definition) is 2. The molecule has 0 amide bonds. The van der Waals surface area contributed by atoms with Gasteiger partial charge < -0.3 is 15.4 Å². The van der Waals surface area contributed by atoms with E-state index in [1.807, 2.05) is 36.4 Å². The van der Waals surface area contributed by atoms with Crippen molar-refractivity contribution in [1.29, 1.82) is 0 Å². The molecule has 1 atom stereocenters. The molecule has 4 nitrogen and oxygen atoms in total. The smallest absolute Gasteiger partial charge is 0.171 e. The molecule has 1 aliphatic heterocycles. The molecular formula is C20H15ClFN3OS. The lowest BCUT2D eigenvalue weighted by molar-refractivity contribution is 0.415. The van der Waals surface area contributed by atoms with Crippen LogP contribution in [0, 0.1) is 5.82 Å². The predicted molar refractivity (Wildman–Crippen MR) is 109 cm³/mol. The zero-order valence-electron chi connectivity index (χ0n) is 14.3. The summed E-state index contributed by atoms with van der Waals surface area (Å²) in [6.45, 7) is 0. The van der Waals surface area contributed by atoms with Crippen LogP contribution >= 0.6 is 23.8 Å². The minimum absolute atomic E-state index is 0.288. The summed E-state index contributed by atoms with van der Waals surface area (Å²) in [5.41, 5.74) is 3.17. The summed E-state index contributed by atoms with van der Waals surface area (Å²) in [7, 11) is 1.62. The molecule has 3 aromatic rings. The quantitative estimate of drug-likeness (QED) is 0.498. The minimum atomic E-state index is -0.319. The molecule has 0 bridgehead atoms. The number of rotatable bonds is 3. The van der Waals surface area contributed by atoms with Gasteiger partial charge in [0, 0.05) is 16.6 Å². The van der Waals surface area contributed by atoms with E-state index in [1.165, 1.54) is 12.1 Å². The molecule has 0 aliphatic carbocycles. The zero-order valence-corrected chi connectivity index (χ0v) is 15.9. The molecule has 0 saturated carbocycles. The maximum Gasteiger partial charge on any atom is 0.171 e. The van der Waals surface area contributed by atoms with E-state index in [0.29, 0.717) is 21.2 Å². The van der Waals surface area contributed by atoms with Gasteiger partial charge in [-0.25, -0.2) is 9.37 Å². The van der Waals surface area contributed by atoms with Gasteiger partial charge in [0.15, 0.2) is 5.11 Å². The van der Waals surface area contributed by atoms with Gasteiger partial charge in [-0.15, -0.1) is 0 Å². The van der Waals surface area contributed by atoms with Crippen LogP contribution in [0.3, 0.4) is 0 Å². The summed E-state index contributed by atoms with van der Waals surface area (Å²) in [5, 5.41) is 7.83. The molecule has 0 radical (unpaired) electrons. The normalized spacial score (nSPS) is 16.5. The molecule has 2 N–H and O–H groups in total. The molecule has 1 aliphatic rings. The molecule has 0 fully saturated rings. The summed E-state index contributed by atoms with van der Waals surface area (Å²) in [5.74, 6) is 0.456. The Hall–Kier alpha value is -2.70. The maximum atomic E-state index is 13.6. The number of aromatic nitrogens is 1. The van der Waals surface area contributed by atoms with E-state index in [2.05, 4.69) is 15.6 Å². The Morgan fingerprint density at radius 3 is 2.67 bits per heavy atom. The van der Waals surface area contributed by atoms with Crippen LogP contribution in [0.4, 0.5) is 4.39 Å². The van der Waals surface area contributed by atoms with Crippen molar-refractivity contribution < 1.29 is 9.13 Å². The summed E-state index contributed by atoms with van der Waals surface area (Å²) in [6.07, 6.45) is 1.98. The van der Waals surface area contributed by atoms with Crippen LogP contribution in [0.2, 0.25) is 5.15 Å². The number of pyridine rings is 1. The van der Waals surface area contributed by atoms with Gasteiger partial charge in [-0.3, -0.25) is 0 Å². The molecule has 0 saturated heterocycles. The van der Waals surface area contributed by atoms with Crippen LogP contribution in [-0.4, -0.2) is 17.2 Å². The van der Waals surface area contributed by atoms with Crippen molar-refractivity contribution in [1.82, 2.24) is 15.6 Å². The molecule has 0 spiro atoms. The number of benzene rings is 2. The summed E-state index contributed by atoms with van der Waals surface area (Å²) in [6, 6.07) is 13.6. The fourth-order valence-electron chi connectivity index (χ4n) is 3.01. The minimum Gasteiger partial charge on any atom is -0.497 e. The van der Waals surface area contributed by atoms with Crippen LogP contribution in [-0.2, 0) is 0 Å². The van der Waals surface area contributed by atoms with E-state index in [-0.39, 0.29) is 11.9 Å². The second-order valence-electron chi connectivity index (χ2n) is 6.09. The number of nitrogens with zero attached hydrogens (tertiary/aromatic N) is 1. The van der Waals surface area contributed by atoms with Gasteiger partial charge in [0.05, 0.1) is 18.7 Å². The second-order valence-corrected chi connectivity index (χ2v) is 6.86. The third kappa shape index (κ3) is 3.59. The first kappa shape index (κ1) is 17.7. The van der Waals surface area contributed by atoms with Crippen molar-refractivity contribution in [2.24, 2.45) is 0 Å². The first-order valence-corrected chi connectivity index (χ1v) is 9.01. The Morgan fingerprint density at radius 1 is 1.15 bits per heavy atom. The Bertz CT molecular complexity index is 1070. The molecule has 7 heteroatoms. The lowest BCUT2D eigenvalue weighted by Crippen LogP contribution is -2.40. The molecule has 136 valence electrons. The van der Waals surface area contributed by atoms with Crippen molar-refractivity contribution in [3.05, 3.63) is 76.7 Å². The van der Waals surface area contributed by atoms with Gasteiger partial charge in [-0.1, -0.05) is 11.6 Å². The summed E-state index contributed by atoms with van der Waals surface area (Å²) < 4.78 is 18.8. The van der Waals surface area contributed by atoms with E-state index in [9.17, 15) is 4.39 Å². The highest BCUT2D eigenvalue weighted by Crippen LogP contribution is 2.30. The third-order valence-electron chi connectivity index (χ3n) is 4.36. The lowest BCUT2D eigenvalue weighted by Gasteiger charge is -2.27. The van der Waals surface area contributed by atoms with E-state index >= 15 is 0 Å². The predicted octanol–water partition coefficient (Wildman–Crippen LogP) is 4.60. The van der Waals surface area contributed by atoms with E-state index < -0.39 is 0 Å². The van der Waals surface area contributed by atoms with Gasteiger partial charge in [-0.2, -0.15) is 0 Å². The number of hydrogen-bond acceptors (Lipinski definition) is 3. The summed E-state index contributed by atoms with van der Waals surface area (Å²) >= 11 is 11.8. The van der Waals surface area contributed by atoms with Crippen molar-refractivity contribution in [2.45, 2.75) is 6.04 Å². The van der Waals surface area contributed by atoms with Gasteiger partial charge in [0.1, 0.15) is 16.7 Å². The average Bonchev–Trinajstić information content (AvgIpc) is 2.67. The number of ether oxygens (including phenoxy) is 1. The van der Waals surface area contributed by atoms with Crippen molar-refractivity contribution in [3.63, 3.8) is 0 Å². The van der Waals surface area contributed by atoms with Crippen LogP contribution < -0.4 is 15.4 Å². The highest BCUT2D eigenvalue weighted by molar-refractivity contribution is 7.80. The topological polar surface area (TPSA) is 46.2 Å². The number of halogens is 2. The first-order valence-electron chi connectivity index (χ1n) is 8.23. The highest BCUT2D eigenvalue weighted by Gasteiger charge is 2.22. The summed E-state index contributed by atoms with van der Waals surface area (Å²) in [4.78, 5) is 4.39. The molecule has 27 heavy (non-hydrogen) atoms. The zero-order chi connectivity index (χ0) is 19.0. The number of thiocarbonyl (C=S) groups is 1. The largest absolute Gasteiger partial charge is 0.497 e. The van der Waals surface area contributed by atoms with Crippen LogP contribution in [0.5, 0.6) is 5.75 Å². The fraction of sp³-hybridized carbons (Fsp3) is 0.100. The third-order valence-corrected chi connectivity index (χ3v) is 4.88. The van der Waals surface area contributed by atoms with Crippen LogP contribution in [0.15, 0.2) is 54.6 Å². The highest BCUT2D eigenvalue weighted by atomic mass is 35.5. The fourth-order valence-corrected chi connectivity index (χ4v) is 3.51. The second kappa shape index (κ2) is 7.13. The molecule has 2 aromatic carbocycles. The van der Waals surface area contributed by atoms with Gasteiger partial charge in [-0.05, 0) is 72.4 Å². The molecule has 4 rings (SSSR count). The monoisotopic (exact) mass is 399 g/mol. The molecular weight excluding hydrogens is 385 g/mol. The van der Waals surface area contributed by atoms with Crippen molar-refractivity contribution in [3.8, 4) is 5.75 Å². The SMILES string of the molecule is COc1ccc(C2=CC(c3cc4cc(F)ccc4nc3Cl)NC(=S)N2)cc1. The molecule has 2 heterocycles. The Morgan fingerprint density at radius 2 is 1.93 bits per heavy atom. The number of fused-ring (bicyclic) bond motifs is 1. The lowest BCUT2D eigenvalue weighted by atomic mass is 10.0. The van der Waals surface area contributed by atoms with Crippen LogP contribution in [0.25, 0.3) is 16.6 Å². The standard InChI is InChI=1S/C20H15ClFN3OS/c1-26-14-5-2-11(3-6-14)17-10-18(25-20(27)24-17)15-9-12-8-13(22)4-7-16(12)23-19(15)21/h2-10,18H,1H3,(H2,24,25,27). The van der Waals surface area contributed by atoms with Gasteiger partial charge in [0.2, 0.25) is 0 Å². The Labute approximate surface area is 166 Å². The van der Waals surface area contributed by atoms with Gasteiger partial charge >= 0.3 is 0 Å². The van der Waals surface area contributed by atoms with Crippen molar-refractivity contribution >= 4 is 45.5 Å². The van der Waals surface area contributed by atoms with Crippen LogP contribution in [0.1, 0.15) is 17.2 Å². The van der Waals surface area contributed by atoms with Gasteiger partial charge in [0.25, 0.3) is 0 Å². The van der Waals surface area contributed by atoms with Crippen molar-refractivity contribution in [2.75, 3.05) is 7.11 Å².